The minimum Gasteiger partial charge on any atom is -0.497 e. The molecular weight excluding hydrogens is 304 g/mol. The Kier molecular flexibility index (Phi) is 3.61. The average Bonchev–Trinajstić information content (AvgIpc) is 3.00. The van der Waals surface area contributed by atoms with Crippen molar-refractivity contribution in [2.75, 3.05) is 7.11 Å². The van der Waals surface area contributed by atoms with Gasteiger partial charge in [0, 0.05) is 10.9 Å². The quantitative estimate of drug-likeness (QED) is 0.552. The van der Waals surface area contributed by atoms with Gasteiger partial charge in [0.25, 0.3) is 0 Å². The fourth-order valence-corrected chi connectivity index (χ4v) is 3.23. The Labute approximate surface area is 139 Å². The van der Waals surface area contributed by atoms with Crippen LogP contribution >= 0.6 is 0 Å². The third-order valence-electron chi connectivity index (χ3n) is 4.42. The SMILES string of the molecule is COc1ccc(Oc2ccc3[nH]c4c(c3c2)CCCC4=NO)cc1. The number of aryl methyl sites for hydroxylation is 1. The van der Waals surface area contributed by atoms with E-state index in [1.165, 1.54) is 5.56 Å². The Balaban J connectivity index is 1.70. The highest BCUT2D eigenvalue weighted by atomic mass is 16.5. The normalized spacial score (nSPS) is 15.5. The van der Waals surface area contributed by atoms with Gasteiger partial charge < -0.3 is 19.7 Å². The van der Waals surface area contributed by atoms with E-state index in [-0.39, 0.29) is 0 Å². The molecule has 1 heterocycles. The van der Waals surface area contributed by atoms with Gasteiger partial charge in [-0.1, -0.05) is 5.16 Å². The molecule has 24 heavy (non-hydrogen) atoms. The van der Waals surface area contributed by atoms with Crippen LogP contribution < -0.4 is 9.47 Å². The minimum absolute atomic E-state index is 0.727. The van der Waals surface area contributed by atoms with Gasteiger partial charge in [0.15, 0.2) is 0 Å². The Hall–Kier alpha value is -2.95. The largest absolute Gasteiger partial charge is 0.497 e. The second-order valence-electron chi connectivity index (χ2n) is 5.86. The average molecular weight is 322 g/mol. The number of oxime groups is 1. The van der Waals surface area contributed by atoms with Crippen molar-refractivity contribution in [2.24, 2.45) is 5.16 Å². The van der Waals surface area contributed by atoms with Gasteiger partial charge in [0.05, 0.1) is 12.8 Å². The second kappa shape index (κ2) is 5.92. The molecule has 4 rings (SSSR count). The number of nitrogens with zero attached hydrogens (tertiary/aromatic N) is 1. The lowest BCUT2D eigenvalue weighted by Crippen LogP contribution is -2.10. The van der Waals surface area contributed by atoms with Crippen molar-refractivity contribution >= 4 is 16.6 Å². The summed E-state index contributed by atoms with van der Waals surface area (Å²) in [5.41, 5.74) is 3.90. The lowest BCUT2D eigenvalue weighted by Gasteiger charge is -2.12. The van der Waals surface area contributed by atoms with Crippen LogP contribution in [0.15, 0.2) is 47.6 Å². The van der Waals surface area contributed by atoms with Crippen LogP contribution in [-0.2, 0) is 6.42 Å². The molecule has 0 aliphatic heterocycles. The highest BCUT2D eigenvalue weighted by Crippen LogP contribution is 2.33. The van der Waals surface area contributed by atoms with E-state index in [0.717, 1.165) is 58.8 Å². The maximum absolute atomic E-state index is 9.19. The molecule has 1 aliphatic carbocycles. The fourth-order valence-electron chi connectivity index (χ4n) is 3.23. The number of aromatic nitrogens is 1. The van der Waals surface area contributed by atoms with Crippen LogP contribution in [0.25, 0.3) is 10.9 Å². The number of nitrogens with one attached hydrogen (secondary N) is 1. The molecule has 0 unspecified atom stereocenters. The zero-order chi connectivity index (χ0) is 16.5. The number of rotatable bonds is 3. The molecule has 1 aromatic heterocycles. The molecule has 0 spiro atoms. The molecule has 0 bridgehead atoms. The molecule has 0 amide bonds. The van der Waals surface area contributed by atoms with Crippen molar-refractivity contribution in [2.45, 2.75) is 19.3 Å². The molecule has 0 radical (unpaired) electrons. The minimum atomic E-state index is 0.727. The van der Waals surface area contributed by atoms with Crippen LogP contribution in [0.3, 0.4) is 0 Å². The maximum atomic E-state index is 9.19. The van der Waals surface area contributed by atoms with Gasteiger partial charge in [-0.25, -0.2) is 0 Å². The standard InChI is InChI=1S/C19H18N2O3/c1-23-12-5-7-13(8-6-12)24-14-9-10-17-16(11-14)15-3-2-4-18(21-22)19(15)20-17/h5-11,20,22H,2-4H2,1H3. The van der Waals surface area contributed by atoms with E-state index in [1.54, 1.807) is 7.11 Å². The number of fused-ring (bicyclic) bond motifs is 3. The van der Waals surface area contributed by atoms with E-state index in [0.29, 0.717) is 0 Å². The summed E-state index contributed by atoms with van der Waals surface area (Å²) in [6.45, 7) is 0. The van der Waals surface area contributed by atoms with E-state index in [9.17, 15) is 5.21 Å². The van der Waals surface area contributed by atoms with Crippen molar-refractivity contribution < 1.29 is 14.7 Å². The number of hydrogen-bond acceptors (Lipinski definition) is 4. The number of aromatic amines is 1. The van der Waals surface area contributed by atoms with Crippen molar-refractivity contribution in [3.05, 3.63) is 53.7 Å². The molecule has 2 aromatic carbocycles. The maximum Gasteiger partial charge on any atom is 0.128 e. The number of hydrogen-bond donors (Lipinski definition) is 2. The van der Waals surface area contributed by atoms with Crippen LogP contribution in [0.4, 0.5) is 0 Å². The highest BCUT2D eigenvalue weighted by molar-refractivity contribution is 6.06. The fraction of sp³-hybridized carbons (Fsp3) is 0.211. The lowest BCUT2D eigenvalue weighted by molar-refractivity contribution is 0.317. The van der Waals surface area contributed by atoms with Crippen LogP contribution in [0, 0.1) is 0 Å². The van der Waals surface area contributed by atoms with E-state index in [4.69, 9.17) is 9.47 Å². The topological polar surface area (TPSA) is 66.8 Å². The van der Waals surface area contributed by atoms with E-state index >= 15 is 0 Å². The predicted molar refractivity (Wildman–Crippen MR) is 92.6 cm³/mol. The van der Waals surface area contributed by atoms with Crippen molar-refractivity contribution in [1.82, 2.24) is 4.98 Å². The van der Waals surface area contributed by atoms with Crippen LogP contribution in [0.2, 0.25) is 0 Å². The van der Waals surface area contributed by atoms with Crippen molar-refractivity contribution in [3.8, 4) is 17.2 Å². The predicted octanol–water partition coefficient (Wildman–Crippen LogP) is 4.48. The number of H-pyrrole nitrogens is 1. The first kappa shape index (κ1) is 14.6. The van der Waals surface area contributed by atoms with Crippen LogP contribution in [0.1, 0.15) is 24.1 Å². The molecule has 2 N–H and O–H groups in total. The van der Waals surface area contributed by atoms with E-state index in [2.05, 4.69) is 10.1 Å². The molecule has 0 saturated carbocycles. The molecule has 5 nitrogen and oxygen atoms in total. The number of ether oxygens (including phenoxy) is 2. The summed E-state index contributed by atoms with van der Waals surface area (Å²) in [6, 6.07) is 13.5. The number of methoxy groups -OCH3 is 1. The lowest BCUT2D eigenvalue weighted by atomic mass is 9.94. The van der Waals surface area contributed by atoms with Gasteiger partial charge in [0.2, 0.25) is 0 Å². The molecular formula is C19H18N2O3. The first-order valence-electron chi connectivity index (χ1n) is 7.96. The molecule has 0 fully saturated rings. The first-order chi connectivity index (χ1) is 11.8. The summed E-state index contributed by atoms with van der Waals surface area (Å²) in [5.74, 6) is 2.34. The molecule has 3 aromatic rings. The summed E-state index contributed by atoms with van der Waals surface area (Å²) in [5, 5.41) is 13.7. The molecule has 122 valence electrons. The highest BCUT2D eigenvalue weighted by Gasteiger charge is 2.21. The van der Waals surface area contributed by atoms with Gasteiger partial charge in [-0.15, -0.1) is 0 Å². The summed E-state index contributed by atoms with van der Waals surface area (Å²) in [7, 11) is 1.64. The zero-order valence-corrected chi connectivity index (χ0v) is 13.4. The summed E-state index contributed by atoms with van der Waals surface area (Å²) in [4.78, 5) is 3.36. The Morgan fingerprint density at radius 3 is 2.50 bits per heavy atom. The summed E-state index contributed by atoms with van der Waals surface area (Å²) >= 11 is 0. The van der Waals surface area contributed by atoms with Crippen molar-refractivity contribution in [3.63, 3.8) is 0 Å². The second-order valence-corrected chi connectivity index (χ2v) is 5.86. The smallest absolute Gasteiger partial charge is 0.128 e. The Morgan fingerprint density at radius 1 is 1.00 bits per heavy atom. The Morgan fingerprint density at radius 2 is 1.75 bits per heavy atom. The van der Waals surface area contributed by atoms with Gasteiger partial charge in [-0.3, -0.25) is 0 Å². The van der Waals surface area contributed by atoms with Crippen LogP contribution in [-0.4, -0.2) is 23.0 Å². The monoisotopic (exact) mass is 322 g/mol. The zero-order valence-electron chi connectivity index (χ0n) is 13.4. The molecule has 5 heteroatoms. The van der Waals surface area contributed by atoms with Gasteiger partial charge >= 0.3 is 0 Å². The summed E-state index contributed by atoms with van der Waals surface area (Å²) < 4.78 is 11.1. The van der Waals surface area contributed by atoms with Crippen LogP contribution in [0.5, 0.6) is 17.2 Å². The van der Waals surface area contributed by atoms with E-state index < -0.39 is 0 Å². The third-order valence-corrected chi connectivity index (χ3v) is 4.42. The molecule has 0 saturated heterocycles. The van der Waals surface area contributed by atoms with Gasteiger partial charge in [-0.05, 0) is 67.3 Å². The Bertz CT molecular complexity index is 910. The van der Waals surface area contributed by atoms with Gasteiger partial charge in [0.1, 0.15) is 23.0 Å². The number of benzene rings is 2. The molecule has 0 atom stereocenters. The first-order valence-corrected chi connectivity index (χ1v) is 7.96. The third kappa shape index (κ3) is 2.48. The van der Waals surface area contributed by atoms with E-state index in [1.807, 2.05) is 42.5 Å². The van der Waals surface area contributed by atoms with Crippen molar-refractivity contribution in [1.29, 1.82) is 0 Å². The summed E-state index contributed by atoms with van der Waals surface area (Å²) in [6.07, 6.45) is 2.76. The molecule has 1 aliphatic rings. The van der Waals surface area contributed by atoms with Gasteiger partial charge in [-0.2, -0.15) is 0 Å².